The highest BCUT2D eigenvalue weighted by Crippen LogP contribution is 2.31. The third-order valence-electron chi connectivity index (χ3n) is 6.74. The van der Waals surface area contributed by atoms with E-state index < -0.39 is 4.92 Å². The van der Waals surface area contributed by atoms with Crippen molar-refractivity contribution in [3.8, 4) is 5.69 Å². The molecule has 0 radical (unpaired) electrons. The van der Waals surface area contributed by atoms with Crippen LogP contribution in [-0.2, 0) is 6.42 Å². The number of aryl methyl sites for hydroxylation is 2. The summed E-state index contributed by atoms with van der Waals surface area (Å²) in [5, 5.41) is 17.0. The van der Waals surface area contributed by atoms with Gasteiger partial charge in [-0.3, -0.25) is 14.9 Å². The number of benzene rings is 2. The summed E-state index contributed by atoms with van der Waals surface area (Å²) in [6.07, 6.45) is 2.79. The number of para-hydroxylation sites is 1. The molecule has 0 saturated carbocycles. The van der Waals surface area contributed by atoms with Gasteiger partial charge < -0.3 is 9.80 Å². The van der Waals surface area contributed by atoms with Crippen LogP contribution >= 0.6 is 11.6 Å². The Balaban J connectivity index is 1.44. The average molecular weight is 534 g/mol. The summed E-state index contributed by atoms with van der Waals surface area (Å²) in [5.41, 5.74) is 2.53. The zero-order chi connectivity index (χ0) is 26.8. The van der Waals surface area contributed by atoms with Gasteiger partial charge in [0, 0.05) is 44.2 Å². The number of hydrogen-bond donors (Lipinski definition) is 0. The minimum atomic E-state index is -0.578. The van der Waals surface area contributed by atoms with Crippen molar-refractivity contribution in [2.24, 2.45) is 0 Å². The number of unbranched alkanes of at least 4 members (excludes halogenated alkanes) is 1. The number of carbonyl (C=O) groups is 1. The zero-order valence-electron chi connectivity index (χ0n) is 21.3. The van der Waals surface area contributed by atoms with Gasteiger partial charge in [0.1, 0.15) is 16.7 Å². The van der Waals surface area contributed by atoms with Crippen LogP contribution in [0.25, 0.3) is 16.7 Å². The lowest BCUT2D eigenvalue weighted by Gasteiger charge is -2.35. The Morgan fingerprint density at radius 1 is 1.08 bits per heavy atom. The average Bonchev–Trinajstić information content (AvgIpc) is 3.28. The summed E-state index contributed by atoms with van der Waals surface area (Å²) in [7, 11) is 0. The number of amides is 1. The van der Waals surface area contributed by atoms with Crippen molar-refractivity contribution < 1.29 is 9.72 Å². The molecule has 10 nitrogen and oxygen atoms in total. The minimum absolute atomic E-state index is 0.00874. The molecule has 1 amide bonds. The smallest absolute Gasteiger partial charge is 0.288 e. The lowest BCUT2D eigenvalue weighted by atomic mass is 10.1. The number of anilines is 1. The monoisotopic (exact) mass is 533 g/mol. The maximum atomic E-state index is 13.1. The van der Waals surface area contributed by atoms with Gasteiger partial charge in [0.15, 0.2) is 5.65 Å². The second-order valence-electron chi connectivity index (χ2n) is 9.30. The van der Waals surface area contributed by atoms with Crippen molar-refractivity contribution in [3.05, 3.63) is 80.7 Å². The summed E-state index contributed by atoms with van der Waals surface area (Å²) >= 11 is 5.92. The Morgan fingerprint density at radius 3 is 2.50 bits per heavy atom. The topological polar surface area (TPSA) is 110 Å². The molecule has 5 rings (SSSR count). The van der Waals surface area contributed by atoms with E-state index in [1.54, 1.807) is 4.90 Å². The molecule has 0 aliphatic carbocycles. The number of hydrogen-bond acceptors (Lipinski definition) is 7. The van der Waals surface area contributed by atoms with Gasteiger partial charge in [-0.2, -0.15) is 5.10 Å². The highest BCUT2D eigenvalue weighted by atomic mass is 35.5. The van der Waals surface area contributed by atoms with Crippen LogP contribution < -0.4 is 4.90 Å². The lowest BCUT2D eigenvalue weighted by molar-refractivity contribution is -0.384. The molecule has 196 valence electrons. The SMILES string of the molecule is CCCCc1nc(N2CCN(C(=O)c3ccc(Cl)c([N+](=O)[O-])c3)CC2)c2c(C)nn(-c3ccccc3)c2n1. The van der Waals surface area contributed by atoms with E-state index in [0.29, 0.717) is 26.2 Å². The summed E-state index contributed by atoms with van der Waals surface area (Å²) in [6.45, 7) is 6.15. The fraction of sp³-hybridized carbons (Fsp3) is 0.333. The molecule has 0 unspecified atom stereocenters. The first-order valence-electron chi connectivity index (χ1n) is 12.7. The first-order chi connectivity index (χ1) is 18.4. The van der Waals surface area contributed by atoms with E-state index in [9.17, 15) is 14.9 Å². The maximum Gasteiger partial charge on any atom is 0.288 e. The number of nitro benzene ring substituents is 1. The van der Waals surface area contributed by atoms with Crippen LogP contribution in [0.5, 0.6) is 0 Å². The quantitative estimate of drug-likeness (QED) is 0.243. The van der Waals surface area contributed by atoms with E-state index in [2.05, 4.69) is 11.8 Å². The molecule has 38 heavy (non-hydrogen) atoms. The molecule has 1 aliphatic rings. The molecule has 0 atom stereocenters. The number of nitrogens with zero attached hydrogens (tertiary/aromatic N) is 7. The van der Waals surface area contributed by atoms with Gasteiger partial charge in [-0.1, -0.05) is 43.1 Å². The van der Waals surface area contributed by atoms with E-state index in [0.717, 1.165) is 53.3 Å². The molecule has 2 aromatic heterocycles. The predicted molar refractivity (Wildman–Crippen MR) is 146 cm³/mol. The zero-order valence-corrected chi connectivity index (χ0v) is 22.1. The van der Waals surface area contributed by atoms with Crippen LogP contribution in [0.15, 0.2) is 48.5 Å². The number of carbonyl (C=O) groups excluding carboxylic acids is 1. The molecule has 1 aliphatic heterocycles. The lowest BCUT2D eigenvalue weighted by Crippen LogP contribution is -2.49. The highest BCUT2D eigenvalue weighted by Gasteiger charge is 2.28. The van der Waals surface area contributed by atoms with Gasteiger partial charge in [0.25, 0.3) is 11.6 Å². The summed E-state index contributed by atoms with van der Waals surface area (Å²) in [5.74, 6) is 1.35. The Labute approximate surface area is 225 Å². The van der Waals surface area contributed by atoms with E-state index >= 15 is 0 Å². The molecule has 0 bridgehead atoms. The third-order valence-corrected chi connectivity index (χ3v) is 7.06. The predicted octanol–water partition coefficient (Wildman–Crippen LogP) is 4.99. The maximum absolute atomic E-state index is 13.1. The van der Waals surface area contributed by atoms with Crippen molar-refractivity contribution in [2.45, 2.75) is 33.1 Å². The van der Waals surface area contributed by atoms with Gasteiger partial charge in [-0.15, -0.1) is 0 Å². The number of aromatic nitrogens is 4. The van der Waals surface area contributed by atoms with Gasteiger partial charge in [0.2, 0.25) is 0 Å². The van der Waals surface area contributed by atoms with Crippen LogP contribution in [0.1, 0.15) is 41.6 Å². The van der Waals surface area contributed by atoms with Gasteiger partial charge in [-0.05, 0) is 37.6 Å². The Morgan fingerprint density at radius 2 is 1.82 bits per heavy atom. The van der Waals surface area contributed by atoms with Crippen LogP contribution in [0, 0.1) is 17.0 Å². The van der Waals surface area contributed by atoms with Crippen LogP contribution in [0.3, 0.4) is 0 Å². The molecule has 0 spiro atoms. The Kier molecular flexibility index (Phi) is 7.24. The Hall–Kier alpha value is -4.05. The van der Waals surface area contributed by atoms with E-state index in [1.807, 2.05) is 41.9 Å². The van der Waals surface area contributed by atoms with Crippen molar-refractivity contribution in [1.29, 1.82) is 0 Å². The molecule has 1 saturated heterocycles. The number of nitro groups is 1. The second kappa shape index (κ2) is 10.7. The van der Waals surface area contributed by atoms with Crippen molar-refractivity contribution in [1.82, 2.24) is 24.6 Å². The van der Waals surface area contributed by atoms with E-state index in [1.165, 1.54) is 18.2 Å². The summed E-state index contributed by atoms with van der Waals surface area (Å²) in [4.78, 5) is 37.6. The fourth-order valence-corrected chi connectivity index (χ4v) is 4.91. The van der Waals surface area contributed by atoms with Crippen LogP contribution in [0.4, 0.5) is 11.5 Å². The summed E-state index contributed by atoms with van der Waals surface area (Å²) < 4.78 is 1.87. The second-order valence-corrected chi connectivity index (χ2v) is 9.71. The van der Waals surface area contributed by atoms with Gasteiger partial charge >= 0.3 is 0 Å². The Bertz CT molecular complexity index is 1500. The minimum Gasteiger partial charge on any atom is -0.352 e. The van der Waals surface area contributed by atoms with Crippen LogP contribution in [-0.4, -0.2) is 61.7 Å². The van der Waals surface area contributed by atoms with Crippen molar-refractivity contribution >= 4 is 40.0 Å². The third kappa shape index (κ3) is 4.91. The molecular formula is C27H28ClN7O3. The van der Waals surface area contributed by atoms with Gasteiger partial charge in [0.05, 0.1) is 21.7 Å². The number of piperazine rings is 1. The molecule has 3 heterocycles. The number of fused-ring (bicyclic) bond motifs is 1. The molecule has 2 aromatic carbocycles. The number of halogens is 1. The standard InChI is InChI=1S/C27H28ClN7O3/c1-3-4-10-23-29-25(24-18(2)31-34(26(24)30-23)20-8-6-5-7-9-20)32-13-15-33(16-14-32)27(36)19-11-12-21(28)22(17-19)35(37)38/h5-9,11-12,17H,3-4,10,13-16H2,1-2H3. The molecule has 4 aromatic rings. The fourth-order valence-electron chi connectivity index (χ4n) is 4.72. The normalized spacial score (nSPS) is 13.8. The largest absolute Gasteiger partial charge is 0.352 e. The first-order valence-corrected chi connectivity index (χ1v) is 13.0. The first kappa shape index (κ1) is 25.6. The molecule has 1 fully saturated rings. The van der Waals surface area contributed by atoms with Gasteiger partial charge in [-0.25, -0.2) is 14.6 Å². The van der Waals surface area contributed by atoms with Crippen LogP contribution in [0.2, 0.25) is 5.02 Å². The summed E-state index contributed by atoms with van der Waals surface area (Å²) in [6, 6.07) is 14.1. The molecular weight excluding hydrogens is 506 g/mol. The van der Waals surface area contributed by atoms with Crippen molar-refractivity contribution in [3.63, 3.8) is 0 Å². The van der Waals surface area contributed by atoms with Crippen molar-refractivity contribution in [2.75, 3.05) is 31.1 Å². The van der Waals surface area contributed by atoms with E-state index in [-0.39, 0.29) is 22.2 Å². The highest BCUT2D eigenvalue weighted by molar-refractivity contribution is 6.32. The van der Waals surface area contributed by atoms with E-state index in [4.69, 9.17) is 26.7 Å². The molecule has 11 heteroatoms. The molecule has 0 N–H and O–H groups in total. The number of rotatable bonds is 7.